The van der Waals surface area contributed by atoms with Gasteiger partial charge in [-0.3, -0.25) is 4.79 Å². The fraction of sp³-hybridized carbons (Fsp3) is 0.409. The second-order valence-corrected chi connectivity index (χ2v) is 7.20. The van der Waals surface area contributed by atoms with E-state index in [9.17, 15) is 9.90 Å². The number of nitrogens with one attached hydrogen (secondary N) is 1. The molecule has 0 fully saturated rings. The van der Waals surface area contributed by atoms with Crippen LogP contribution in [0.5, 0.6) is 0 Å². The van der Waals surface area contributed by atoms with Crippen LogP contribution in [0.15, 0.2) is 54.6 Å². The van der Waals surface area contributed by atoms with Gasteiger partial charge in [-0.2, -0.15) is 0 Å². The number of carbonyl (C=O) groups is 1. The van der Waals surface area contributed by atoms with Gasteiger partial charge >= 0.3 is 0 Å². The molecule has 140 valence electrons. The predicted molar refractivity (Wildman–Crippen MR) is 106 cm³/mol. The van der Waals surface area contributed by atoms with Crippen LogP contribution in [0.1, 0.15) is 47.7 Å². The third-order valence-electron chi connectivity index (χ3n) is 4.64. The van der Waals surface area contributed by atoms with E-state index in [2.05, 4.69) is 19.2 Å². The monoisotopic (exact) mass is 354 g/mol. The quantitative estimate of drug-likeness (QED) is 0.574. The Labute approximate surface area is 156 Å². The van der Waals surface area contributed by atoms with E-state index in [1.54, 1.807) is 12.1 Å². The Morgan fingerprint density at radius 2 is 1.73 bits per heavy atom. The van der Waals surface area contributed by atoms with Gasteiger partial charge in [0.1, 0.15) is 0 Å². The molecule has 1 amide bonds. The lowest BCUT2D eigenvalue weighted by molar-refractivity contribution is 0.0995. The largest absolute Gasteiger partial charge is 0.391 e. The number of hydrogen-bond acceptors (Lipinski definition) is 3. The predicted octanol–water partition coefficient (Wildman–Crippen LogP) is 3.11. The van der Waals surface area contributed by atoms with Crippen LogP contribution in [0.4, 0.5) is 0 Å². The molecule has 2 atom stereocenters. The normalized spacial score (nSPS) is 13.5. The third kappa shape index (κ3) is 5.97. The number of carbonyl (C=O) groups excluding carboxylic acids is 1. The van der Waals surface area contributed by atoms with Crippen LogP contribution in [0.2, 0.25) is 0 Å². The first-order valence-corrected chi connectivity index (χ1v) is 9.30. The number of rotatable bonds is 10. The molecule has 4 heteroatoms. The summed E-state index contributed by atoms with van der Waals surface area (Å²) < 4.78 is 0. The second kappa shape index (κ2) is 10.1. The first-order valence-electron chi connectivity index (χ1n) is 9.30. The fourth-order valence-electron chi connectivity index (χ4n) is 3.15. The van der Waals surface area contributed by atoms with Gasteiger partial charge in [-0.25, -0.2) is 0 Å². The molecule has 2 rings (SSSR count). The Kier molecular flexibility index (Phi) is 7.82. The lowest BCUT2D eigenvalue weighted by Crippen LogP contribution is -2.34. The minimum absolute atomic E-state index is 0.201. The second-order valence-electron chi connectivity index (χ2n) is 7.20. The molecule has 0 radical (unpaired) electrons. The number of benzene rings is 2. The third-order valence-corrected chi connectivity index (χ3v) is 4.64. The molecule has 0 aromatic heterocycles. The minimum Gasteiger partial charge on any atom is -0.391 e. The molecule has 0 spiro atoms. The molecule has 2 aromatic rings. The standard InChI is InChI=1S/C22H30N2O2/c1-16(2)12-13-24-15-21(25)20(14-17-8-4-3-5-9-17)18-10-6-7-11-19(18)22(23)26/h3-11,16,20-21,24-25H,12-15H2,1-2H3,(H2,23,26)/t20-,21-/m0/s1. The number of aliphatic hydroxyl groups is 1. The molecule has 4 nitrogen and oxygen atoms in total. The smallest absolute Gasteiger partial charge is 0.248 e. The zero-order valence-electron chi connectivity index (χ0n) is 15.7. The van der Waals surface area contributed by atoms with Crippen molar-refractivity contribution in [3.8, 4) is 0 Å². The fourth-order valence-corrected chi connectivity index (χ4v) is 3.15. The summed E-state index contributed by atoms with van der Waals surface area (Å²) >= 11 is 0. The van der Waals surface area contributed by atoms with E-state index in [0.29, 0.717) is 24.4 Å². The summed E-state index contributed by atoms with van der Waals surface area (Å²) in [6.07, 6.45) is 1.11. The Morgan fingerprint density at radius 3 is 2.38 bits per heavy atom. The topological polar surface area (TPSA) is 75.3 Å². The summed E-state index contributed by atoms with van der Waals surface area (Å²) in [5, 5.41) is 14.2. The van der Waals surface area contributed by atoms with Gasteiger partial charge in [0, 0.05) is 18.0 Å². The Bertz CT molecular complexity index is 686. The first-order chi connectivity index (χ1) is 12.5. The average molecular weight is 354 g/mol. The molecule has 0 heterocycles. The molecule has 26 heavy (non-hydrogen) atoms. The van der Waals surface area contributed by atoms with Gasteiger partial charge in [-0.1, -0.05) is 62.4 Å². The molecule has 0 aliphatic carbocycles. The maximum atomic E-state index is 11.9. The minimum atomic E-state index is -0.608. The first kappa shape index (κ1) is 20.1. The van der Waals surface area contributed by atoms with E-state index in [-0.39, 0.29) is 5.92 Å². The zero-order chi connectivity index (χ0) is 18.9. The van der Waals surface area contributed by atoms with E-state index >= 15 is 0 Å². The van der Waals surface area contributed by atoms with Crippen LogP contribution < -0.4 is 11.1 Å². The summed E-state index contributed by atoms with van der Waals surface area (Å²) in [5.74, 6) is -0.0402. The van der Waals surface area contributed by atoms with Gasteiger partial charge in [0.2, 0.25) is 5.91 Å². The maximum Gasteiger partial charge on any atom is 0.248 e. The molecule has 0 saturated carbocycles. The number of primary amides is 1. The van der Waals surface area contributed by atoms with Crippen molar-refractivity contribution in [2.45, 2.75) is 38.7 Å². The highest BCUT2D eigenvalue weighted by Gasteiger charge is 2.25. The lowest BCUT2D eigenvalue weighted by atomic mass is 9.84. The van der Waals surface area contributed by atoms with Crippen LogP contribution in [0, 0.1) is 5.92 Å². The van der Waals surface area contributed by atoms with E-state index in [1.165, 1.54) is 0 Å². The van der Waals surface area contributed by atoms with E-state index in [0.717, 1.165) is 24.1 Å². The molecule has 0 unspecified atom stereocenters. The molecular formula is C22H30N2O2. The van der Waals surface area contributed by atoms with Gasteiger partial charge in [0.05, 0.1) is 6.10 Å². The summed E-state index contributed by atoms with van der Waals surface area (Å²) in [6, 6.07) is 17.3. The molecule has 0 saturated heterocycles. The lowest BCUT2D eigenvalue weighted by Gasteiger charge is -2.26. The Morgan fingerprint density at radius 1 is 1.08 bits per heavy atom. The van der Waals surface area contributed by atoms with Gasteiger partial charge in [0.25, 0.3) is 0 Å². The Hall–Kier alpha value is -2.17. The van der Waals surface area contributed by atoms with Crippen molar-refractivity contribution in [2.75, 3.05) is 13.1 Å². The van der Waals surface area contributed by atoms with Gasteiger partial charge < -0.3 is 16.2 Å². The summed E-state index contributed by atoms with van der Waals surface area (Å²) in [7, 11) is 0. The molecule has 0 aliphatic rings. The Balaban J connectivity index is 2.20. The summed E-state index contributed by atoms with van der Waals surface area (Å²) in [6.45, 7) is 5.71. The van der Waals surface area contributed by atoms with Crippen LogP contribution in [0.25, 0.3) is 0 Å². The molecule has 2 aromatic carbocycles. The molecule has 4 N–H and O–H groups in total. The molecule has 0 aliphatic heterocycles. The highest BCUT2D eigenvalue weighted by molar-refractivity contribution is 5.94. The van der Waals surface area contributed by atoms with Crippen molar-refractivity contribution >= 4 is 5.91 Å². The van der Waals surface area contributed by atoms with Crippen molar-refractivity contribution in [1.29, 1.82) is 0 Å². The molecule has 0 bridgehead atoms. The zero-order valence-corrected chi connectivity index (χ0v) is 15.7. The van der Waals surface area contributed by atoms with Crippen LogP contribution in [-0.2, 0) is 6.42 Å². The molecular weight excluding hydrogens is 324 g/mol. The van der Waals surface area contributed by atoms with E-state index in [1.807, 2.05) is 42.5 Å². The SMILES string of the molecule is CC(C)CCNC[C@H](O)[C@@H](Cc1ccccc1)c1ccccc1C(N)=O. The number of nitrogens with two attached hydrogens (primary N) is 1. The average Bonchev–Trinajstić information content (AvgIpc) is 2.63. The van der Waals surface area contributed by atoms with Crippen molar-refractivity contribution in [3.05, 3.63) is 71.3 Å². The van der Waals surface area contributed by atoms with Crippen LogP contribution >= 0.6 is 0 Å². The number of hydrogen-bond donors (Lipinski definition) is 3. The van der Waals surface area contributed by atoms with Crippen molar-refractivity contribution in [3.63, 3.8) is 0 Å². The van der Waals surface area contributed by atoms with Crippen molar-refractivity contribution < 1.29 is 9.90 Å². The van der Waals surface area contributed by atoms with Crippen molar-refractivity contribution in [2.24, 2.45) is 11.7 Å². The highest BCUT2D eigenvalue weighted by atomic mass is 16.3. The van der Waals surface area contributed by atoms with Crippen LogP contribution in [-0.4, -0.2) is 30.2 Å². The summed E-state index contributed by atoms with van der Waals surface area (Å²) in [5.41, 5.74) is 7.98. The summed E-state index contributed by atoms with van der Waals surface area (Å²) in [4.78, 5) is 11.9. The van der Waals surface area contributed by atoms with E-state index in [4.69, 9.17) is 5.73 Å². The maximum absolute atomic E-state index is 11.9. The highest BCUT2D eigenvalue weighted by Crippen LogP contribution is 2.27. The number of amides is 1. The van der Waals surface area contributed by atoms with Gasteiger partial charge in [-0.05, 0) is 42.5 Å². The van der Waals surface area contributed by atoms with Gasteiger partial charge in [-0.15, -0.1) is 0 Å². The number of aliphatic hydroxyl groups excluding tert-OH is 1. The van der Waals surface area contributed by atoms with Crippen molar-refractivity contribution in [1.82, 2.24) is 5.32 Å². The van der Waals surface area contributed by atoms with Gasteiger partial charge in [0.15, 0.2) is 0 Å². The van der Waals surface area contributed by atoms with Crippen LogP contribution in [0.3, 0.4) is 0 Å². The van der Waals surface area contributed by atoms with E-state index < -0.39 is 12.0 Å².